The predicted octanol–water partition coefficient (Wildman–Crippen LogP) is 1.64. The first-order valence-corrected chi connectivity index (χ1v) is 6.69. The fourth-order valence-electron chi connectivity index (χ4n) is 1.91. The van der Waals surface area contributed by atoms with Crippen molar-refractivity contribution in [2.24, 2.45) is 5.92 Å². The molecule has 1 N–H and O–H groups in total. The zero-order chi connectivity index (χ0) is 14.5. The molecule has 19 heavy (non-hydrogen) atoms. The molecule has 0 saturated carbocycles. The van der Waals surface area contributed by atoms with Gasteiger partial charge in [-0.05, 0) is 20.8 Å². The van der Waals surface area contributed by atoms with Gasteiger partial charge in [0, 0.05) is 18.4 Å². The molecule has 1 aliphatic rings. The Kier molecular flexibility index (Phi) is 5.97. The number of hydrogen-bond acceptors (Lipinski definition) is 5. The second-order valence-electron chi connectivity index (χ2n) is 5.22. The molecule has 1 aliphatic heterocycles. The number of aliphatic hydroxyl groups excluding tert-OH is 1. The lowest BCUT2D eigenvalue weighted by atomic mass is 9.99. The van der Waals surface area contributed by atoms with E-state index in [2.05, 4.69) is 0 Å². The van der Waals surface area contributed by atoms with Crippen molar-refractivity contribution in [1.82, 2.24) is 0 Å². The first kappa shape index (κ1) is 16.1. The molecule has 5 nitrogen and oxygen atoms in total. The molecule has 0 spiro atoms. The van der Waals surface area contributed by atoms with E-state index in [9.17, 15) is 9.90 Å². The van der Waals surface area contributed by atoms with Crippen LogP contribution in [0.15, 0.2) is 12.2 Å². The number of carbonyl (C=O) groups is 1. The SMILES string of the molecule is CCOC(=O)C=C[C@@H](C)[C@@H](O)CC1COC(C)(C)O1. The average molecular weight is 272 g/mol. The number of ether oxygens (including phenoxy) is 3. The normalized spacial score (nSPS) is 25.4. The largest absolute Gasteiger partial charge is 0.463 e. The lowest BCUT2D eigenvalue weighted by Crippen LogP contribution is -2.27. The third-order valence-corrected chi connectivity index (χ3v) is 3.00. The molecule has 0 aromatic carbocycles. The Hall–Kier alpha value is -0.910. The summed E-state index contributed by atoms with van der Waals surface area (Å²) in [4.78, 5) is 11.2. The number of carbonyl (C=O) groups excluding carboxylic acids is 1. The number of rotatable bonds is 6. The summed E-state index contributed by atoms with van der Waals surface area (Å²) in [5.74, 6) is -1.10. The van der Waals surface area contributed by atoms with Gasteiger partial charge in [0.05, 0.1) is 25.4 Å². The van der Waals surface area contributed by atoms with E-state index >= 15 is 0 Å². The van der Waals surface area contributed by atoms with Crippen LogP contribution in [0.4, 0.5) is 0 Å². The summed E-state index contributed by atoms with van der Waals surface area (Å²) in [7, 11) is 0. The molecular weight excluding hydrogens is 248 g/mol. The van der Waals surface area contributed by atoms with Crippen LogP contribution in [0.25, 0.3) is 0 Å². The lowest BCUT2D eigenvalue weighted by Gasteiger charge is -2.20. The molecule has 1 heterocycles. The van der Waals surface area contributed by atoms with Crippen molar-refractivity contribution in [2.45, 2.75) is 52.1 Å². The topological polar surface area (TPSA) is 65.0 Å². The standard InChI is InChI=1S/C14H24O5/c1-5-17-13(16)7-6-10(2)12(15)8-11-9-18-14(3,4)19-11/h6-7,10-12,15H,5,8-9H2,1-4H3/t10-,11?,12+/m1/s1. The van der Waals surface area contributed by atoms with Crippen LogP contribution < -0.4 is 0 Å². The molecular formula is C14H24O5. The molecule has 0 radical (unpaired) electrons. The molecule has 1 saturated heterocycles. The van der Waals surface area contributed by atoms with E-state index < -0.39 is 11.9 Å². The summed E-state index contributed by atoms with van der Waals surface area (Å²) in [5, 5.41) is 10.1. The second-order valence-corrected chi connectivity index (χ2v) is 5.22. The van der Waals surface area contributed by atoms with Crippen molar-refractivity contribution in [3.63, 3.8) is 0 Å². The quantitative estimate of drug-likeness (QED) is 0.588. The molecule has 110 valence electrons. The van der Waals surface area contributed by atoms with E-state index in [-0.39, 0.29) is 18.0 Å². The van der Waals surface area contributed by atoms with Gasteiger partial charge >= 0.3 is 5.97 Å². The van der Waals surface area contributed by atoms with Gasteiger partial charge in [0.2, 0.25) is 0 Å². The summed E-state index contributed by atoms with van der Waals surface area (Å²) in [6.07, 6.45) is 2.81. The van der Waals surface area contributed by atoms with Gasteiger partial charge in [0.25, 0.3) is 0 Å². The van der Waals surface area contributed by atoms with Gasteiger partial charge in [-0.25, -0.2) is 4.79 Å². The van der Waals surface area contributed by atoms with Crippen molar-refractivity contribution in [2.75, 3.05) is 13.2 Å². The van der Waals surface area contributed by atoms with Crippen LogP contribution in [0, 0.1) is 5.92 Å². The van der Waals surface area contributed by atoms with Crippen molar-refractivity contribution >= 4 is 5.97 Å². The zero-order valence-corrected chi connectivity index (χ0v) is 12.1. The zero-order valence-electron chi connectivity index (χ0n) is 12.1. The first-order chi connectivity index (χ1) is 8.84. The minimum Gasteiger partial charge on any atom is -0.463 e. The van der Waals surface area contributed by atoms with E-state index in [1.807, 2.05) is 20.8 Å². The number of aliphatic hydroxyl groups is 1. The summed E-state index contributed by atoms with van der Waals surface area (Å²) in [6, 6.07) is 0. The summed E-state index contributed by atoms with van der Waals surface area (Å²) in [5.41, 5.74) is 0. The fourth-order valence-corrected chi connectivity index (χ4v) is 1.91. The van der Waals surface area contributed by atoms with Gasteiger partial charge in [-0.3, -0.25) is 0 Å². The van der Waals surface area contributed by atoms with Crippen molar-refractivity contribution in [3.8, 4) is 0 Å². The van der Waals surface area contributed by atoms with Gasteiger partial charge in [-0.1, -0.05) is 13.0 Å². The maximum absolute atomic E-state index is 11.2. The van der Waals surface area contributed by atoms with Crippen molar-refractivity contribution in [1.29, 1.82) is 0 Å². The van der Waals surface area contributed by atoms with Crippen molar-refractivity contribution in [3.05, 3.63) is 12.2 Å². The van der Waals surface area contributed by atoms with E-state index in [0.717, 1.165) is 0 Å². The van der Waals surface area contributed by atoms with E-state index in [4.69, 9.17) is 14.2 Å². The van der Waals surface area contributed by atoms with Gasteiger partial charge in [0.15, 0.2) is 5.79 Å². The summed E-state index contributed by atoms with van der Waals surface area (Å²) < 4.78 is 15.9. The van der Waals surface area contributed by atoms with E-state index in [0.29, 0.717) is 19.6 Å². The van der Waals surface area contributed by atoms with Crippen LogP contribution in [0.3, 0.4) is 0 Å². The van der Waals surface area contributed by atoms with Crippen LogP contribution >= 0.6 is 0 Å². The Morgan fingerprint density at radius 2 is 2.26 bits per heavy atom. The van der Waals surface area contributed by atoms with Crippen molar-refractivity contribution < 1.29 is 24.1 Å². The van der Waals surface area contributed by atoms with Crippen LogP contribution in [-0.2, 0) is 19.0 Å². The Morgan fingerprint density at radius 1 is 1.58 bits per heavy atom. The molecule has 1 unspecified atom stereocenters. The van der Waals surface area contributed by atoms with Gasteiger partial charge in [-0.15, -0.1) is 0 Å². The molecule has 5 heteroatoms. The number of hydrogen-bond donors (Lipinski definition) is 1. The maximum atomic E-state index is 11.2. The van der Waals surface area contributed by atoms with Crippen LogP contribution in [-0.4, -0.2) is 42.3 Å². The smallest absolute Gasteiger partial charge is 0.330 e. The Bertz CT molecular complexity index is 324. The van der Waals surface area contributed by atoms with E-state index in [1.54, 1.807) is 13.0 Å². The molecule has 0 aliphatic carbocycles. The van der Waals surface area contributed by atoms with Gasteiger partial charge in [-0.2, -0.15) is 0 Å². The lowest BCUT2D eigenvalue weighted by molar-refractivity contribution is -0.141. The molecule has 0 aromatic heterocycles. The molecule has 0 bridgehead atoms. The van der Waals surface area contributed by atoms with E-state index in [1.165, 1.54) is 6.08 Å². The minimum absolute atomic E-state index is 0.108. The first-order valence-electron chi connectivity index (χ1n) is 6.69. The van der Waals surface area contributed by atoms with Crippen LogP contribution in [0.2, 0.25) is 0 Å². The summed E-state index contributed by atoms with van der Waals surface area (Å²) in [6.45, 7) is 8.14. The summed E-state index contributed by atoms with van der Waals surface area (Å²) >= 11 is 0. The maximum Gasteiger partial charge on any atom is 0.330 e. The number of esters is 1. The highest BCUT2D eigenvalue weighted by Crippen LogP contribution is 2.26. The highest BCUT2D eigenvalue weighted by molar-refractivity contribution is 5.81. The molecule has 1 fully saturated rings. The predicted molar refractivity (Wildman–Crippen MR) is 70.5 cm³/mol. The van der Waals surface area contributed by atoms with Crippen LogP contribution in [0.1, 0.15) is 34.1 Å². The Balaban J connectivity index is 2.37. The Labute approximate surface area is 114 Å². The highest BCUT2D eigenvalue weighted by Gasteiger charge is 2.34. The third-order valence-electron chi connectivity index (χ3n) is 3.00. The average Bonchev–Trinajstić information content (AvgIpc) is 2.66. The van der Waals surface area contributed by atoms with Crippen LogP contribution in [0.5, 0.6) is 0 Å². The van der Waals surface area contributed by atoms with Gasteiger partial charge in [0.1, 0.15) is 0 Å². The minimum atomic E-state index is -0.576. The van der Waals surface area contributed by atoms with Gasteiger partial charge < -0.3 is 19.3 Å². The molecule has 0 aromatic rings. The molecule has 1 rings (SSSR count). The molecule has 0 amide bonds. The monoisotopic (exact) mass is 272 g/mol. The second kappa shape index (κ2) is 7.03. The fraction of sp³-hybridized carbons (Fsp3) is 0.786. The third kappa shape index (κ3) is 5.72. The Morgan fingerprint density at radius 3 is 2.79 bits per heavy atom. The highest BCUT2D eigenvalue weighted by atomic mass is 16.7. The molecule has 3 atom stereocenters.